The van der Waals surface area contributed by atoms with Crippen LogP contribution in [0.2, 0.25) is 0 Å². The highest BCUT2D eigenvalue weighted by atomic mass is 32.2. The Morgan fingerprint density at radius 3 is 2.53 bits per heavy atom. The standard InChI is InChI=1S/C22H19N5O3S2/c1-3-30-16-8-6-15(7-9-16)23-20-19-18(12-13-31-19)27-21(24-20)22(25-26-27)32(28,29)17-10-4-14(2)5-11-17/h4-13H,3H2,1-2H3,(H,23,24). The molecule has 0 aliphatic heterocycles. The van der Waals surface area contributed by atoms with Gasteiger partial charge in [0.25, 0.3) is 0 Å². The SMILES string of the molecule is CCOc1ccc(Nc2nc3c(S(=O)(=O)c4ccc(C)cc4)nnn3c3ccsc23)cc1. The van der Waals surface area contributed by atoms with E-state index in [4.69, 9.17) is 4.74 Å². The summed E-state index contributed by atoms with van der Waals surface area (Å²) in [4.78, 5) is 4.78. The van der Waals surface area contributed by atoms with Crippen molar-refractivity contribution in [2.75, 3.05) is 11.9 Å². The van der Waals surface area contributed by atoms with E-state index in [0.29, 0.717) is 12.4 Å². The van der Waals surface area contributed by atoms with Crippen LogP contribution in [-0.2, 0) is 9.84 Å². The van der Waals surface area contributed by atoms with Crippen molar-refractivity contribution < 1.29 is 13.2 Å². The molecule has 0 saturated heterocycles. The molecule has 0 unspecified atom stereocenters. The number of nitrogens with zero attached hydrogens (tertiary/aromatic N) is 4. The lowest BCUT2D eigenvalue weighted by Crippen LogP contribution is -2.05. The highest BCUT2D eigenvalue weighted by molar-refractivity contribution is 7.91. The average Bonchev–Trinajstić information content (AvgIpc) is 3.43. The number of fused-ring (bicyclic) bond motifs is 3. The highest BCUT2D eigenvalue weighted by Gasteiger charge is 2.27. The molecule has 162 valence electrons. The first-order chi connectivity index (χ1) is 15.5. The van der Waals surface area contributed by atoms with Crippen molar-refractivity contribution in [1.82, 2.24) is 19.8 Å². The summed E-state index contributed by atoms with van der Waals surface area (Å²) in [5, 5.41) is 13.1. The number of nitrogens with one attached hydrogen (secondary N) is 1. The van der Waals surface area contributed by atoms with Crippen molar-refractivity contribution in [3.05, 3.63) is 65.5 Å². The molecule has 0 aliphatic carbocycles. The summed E-state index contributed by atoms with van der Waals surface area (Å²) < 4.78 is 34.4. The van der Waals surface area contributed by atoms with Crippen molar-refractivity contribution in [3.8, 4) is 5.75 Å². The van der Waals surface area contributed by atoms with Crippen molar-refractivity contribution >= 4 is 48.5 Å². The van der Waals surface area contributed by atoms with Crippen molar-refractivity contribution in [2.45, 2.75) is 23.8 Å². The first-order valence-corrected chi connectivity index (χ1v) is 12.3. The number of aryl methyl sites for hydroxylation is 1. The fourth-order valence-electron chi connectivity index (χ4n) is 3.35. The quantitative estimate of drug-likeness (QED) is 0.391. The highest BCUT2D eigenvalue weighted by Crippen LogP contribution is 2.33. The lowest BCUT2D eigenvalue weighted by molar-refractivity contribution is 0.340. The van der Waals surface area contributed by atoms with Gasteiger partial charge in [-0.1, -0.05) is 22.9 Å². The second-order valence-electron chi connectivity index (χ2n) is 7.12. The third-order valence-electron chi connectivity index (χ3n) is 4.94. The van der Waals surface area contributed by atoms with Crippen LogP contribution in [0.1, 0.15) is 12.5 Å². The van der Waals surface area contributed by atoms with E-state index in [0.717, 1.165) is 27.2 Å². The molecule has 3 heterocycles. The number of ether oxygens (including phenoxy) is 1. The molecule has 0 bridgehead atoms. The van der Waals surface area contributed by atoms with Gasteiger partial charge in [0.15, 0.2) is 11.5 Å². The first kappa shape index (κ1) is 20.4. The Morgan fingerprint density at radius 1 is 1.06 bits per heavy atom. The van der Waals surface area contributed by atoms with E-state index in [1.54, 1.807) is 24.3 Å². The molecule has 1 N–H and O–H groups in total. The number of aromatic nitrogens is 4. The third kappa shape index (κ3) is 3.47. The van der Waals surface area contributed by atoms with Crippen LogP contribution in [0.15, 0.2) is 69.9 Å². The Balaban J connectivity index is 1.63. The summed E-state index contributed by atoms with van der Waals surface area (Å²) in [6.07, 6.45) is 0. The minimum atomic E-state index is -3.89. The molecular weight excluding hydrogens is 446 g/mol. The van der Waals surface area contributed by atoms with E-state index >= 15 is 0 Å². The van der Waals surface area contributed by atoms with E-state index in [1.165, 1.54) is 15.9 Å². The minimum Gasteiger partial charge on any atom is -0.494 e. The van der Waals surface area contributed by atoms with Crippen LogP contribution in [0.4, 0.5) is 11.5 Å². The summed E-state index contributed by atoms with van der Waals surface area (Å²) in [6, 6.07) is 16.0. The molecule has 5 aromatic rings. The van der Waals surface area contributed by atoms with Crippen LogP contribution >= 0.6 is 11.3 Å². The summed E-state index contributed by atoms with van der Waals surface area (Å²) in [7, 11) is -3.89. The Bertz CT molecular complexity index is 1520. The topological polar surface area (TPSA) is 98.5 Å². The number of rotatable bonds is 6. The Morgan fingerprint density at radius 2 is 1.81 bits per heavy atom. The molecule has 8 nitrogen and oxygen atoms in total. The van der Waals surface area contributed by atoms with Gasteiger partial charge in [-0.15, -0.1) is 16.4 Å². The summed E-state index contributed by atoms with van der Waals surface area (Å²) >= 11 is 1.49. The van der Waals surface area contributed by atoms with Crippen molar-refractivity contribution in [1.29, 1.82) is 0 Å². The van der Waals surface area contributed by atoms with E-state index in [2.05, 4.69) is 20.6 Å². The first-order valence-electron chi connectivity index (χ1n) is 9.91. The van der Waals surface area contributed by atoms with Gasteiger partial charge >= 0.3 is 0 Å². The second kappa shape index (κ2) is 7.88. The van der Waals surface area contributed by atoms with Gasteiger partial charge in [0, 0.05) is 5.69 Å². The molecule has 0 saturated carbocycles. The lowest BCUT2D eigenvalue weighted by atomic mass is 10.2. The summed E-state index contributed by atoms with van der Waals surface area (Å²) in [5.41, 5.74) is 2.67. The molecule has 2 aromatic carbocycles. The van der Waals surface area contributed by atoms with Gasteiger partial charge in [-0.2, -0.15) is 4.52 Å². The molecule has 32 heavy (non-hydrogen) atoms. The number of anilines is 2. The number of hydrogen-bond acceptors (Lipinski definition) is 8. The van der Waals surface area contributed by atoms with Crippen molar-refractivity contribution in [3.63, 3.8) is 0 Å². The maximum Gasteiger partial charge on any atom is 0.229 e. The molecule has 5 rings (SSSR count). The van der Waals surface area contributed by atoms with Crippen LogP contribution in [0.5, 0.6) is 5.75 Å². The van der Waals surface area contributed by atoms with Gasteiger partial charge in [-0.25, -0.2) is 13.4 Å². The number of sulfone groups is 1. The monoisotopic (exact) mass is 465 g/mol. The summed E-state index contributed by atoms with van der Waals surface area (Å²) in [6.45, 7) is 4.42. The van der Waals surface area contributed by atoms with Crippen LogP contribution in [-0.4, -0.2) is 34.8 Å². The van der Waals surface area contributed by atoms with Crippen LogP contribution in [0.25, 0.3) is 15.9 Å². The molecule has 0 amide bonds. The fourth-order valence-corrected chi connectivity index (χ4v) is 5.40. The largest absolute Gasteiger partial charge is 0.494 e. The zero-order valence-corrected chi connectivity index (χ0v) is 18.9. The second-order valence-corrected chi connectivity index (χ2v) is 9.91. The molecule has 0 fully saturated rings. The molecule has 3 aromatic heterocycles. The molecule has 10 heteroatoms. The maximum absolute atomic E-state index is 13.3. The van der Waals surface area contributed by atoms with Gasteiger partial charge in [-0.05, 0) is 61.7 Å². The Kier molecular flexibility index (Phi) is 5.03. The number of thiophene rings is 1. The third-order valence-corrected chi connectivity index (χ3v) is 7.51. The average molecular weight is 466 g/mol. The zero-order valence-electron chi connectivity index (χ0n) is 17.3. The maximum atomic E-state index is 13.3. The predicted octanol–water partition coefficient (Wildman–Crippen LogP) is 4.62. The van der Waals surface area contributed by atoms with Gasteiger partial charge < -0.3 is 10.1 Å². The molecule has 0 aliphatic rings. The number of hydrogen-bond donors (Lipinski definition) is 1. The van der Waals surface area contributed by atoms with E-state index in [1.807, 2.05) is 49.6 Å². The number of benzene rings is 2. The smallest absolute Gasteiger partial charge is 0.229 e. The normalized spacial score (nSPS) is 11.8. The van der Waals surface area contributed by atoms with Gasteiger partial charge in [0.05, 0.1) is 21.7 Å². The zero-order chi connectivity index (χ0) is 22.3. The predicted molar refractivity (Wildman–Crippen MR) is 124 cm³/mol. The van der Waals surface area contributed by atoms with Crippen LogP contribution in [0, 0.1) is 6.92 Å². The van der Waals surface area contributed by atoms with Crippen LogP contribution in [0.3, 0.4) is 0 Å². The van der Waals surface area contributed by atoms with Crippen molar-refractivity contribution in [2.24, 2.45) is 0 Å². The van der Waals surface area contributed by atoms with Crippen LogP contribution < -0.4 is 10.1 Å². The molecule has 0 spiro atoms. The lowest BCUT2D eigenvalue weighted by Gasteiger charge is -2.09. The Labute approximate surface area is 188 Å². The van der Waals surface area contributed by atoms with Gasteiger partial charge in [0.1, 0.15) is 5.75 Å². The molecular formula is C22H19N5O3S2. The van der Waals surface area contributed by atoms with Gasteiger partial charge in [-0.3, -0.25) is 0 Å². The minimum absolute atomic E-state index is 0.152. The molecule has 0 atom stereocenters. The van der Waals surface area contributed by atoms with Gasteiger partial charge in [0.2, 0.25) is 14.9 Å². The molecule has 0 radical (unpaired) electrons. The summed E-state index contributed by atoms with van der Waals surface area (Å²) in [5.74, 6) is 1.31. The van der Waals surface area contributed by atoms with E-state index in [-0.39, 0.29) is 15.6 Å². The van der Waals surface area contributed by atoms with E-state index < -0.39 is 9.84 Å². The van der Waals surface area contributed by atoms with E-state index in [9.17, 15) is 8.42 Å². The Hall–Kier alpha value is -3.50. The fraction of sp³-hybridized carbons (Fsp3) is 0.136.